The summed E-state index contributed by atoms with van der Waals surface area (Å²) in [4.78, 5) is 9.06. The fourth-order valence-corrected chi connectivity index (χ4v) is 2.93. The number of oxazole rings is 1. The van der Waals surface area contributed by atoms with Gasteiger partial charge in [0.15, 0.2) is 11.8 Å². The lowest BCUT2D eigenvalue weighted by molar-refractivity contribution is 0.379. The number of nitrogens with one attached hydrogen (secondary N) is 2. The maximum Gasteiger partial charge on any atom is 0.213 e. The molecule has 2 N–H and O–H groups in total. The topological polar surface area (TPSA) is 102 Å². The van der Waals surface area contributed by atoms with Crippen LogP contribution < -0.4 is 15.4 Å². The predicted molar refractivity (Wildman–Crippen MR) is 124 cm³/mol. The van der Waals surface area contributed by atoms with Crippen LogP contribution in [0.25, 0.3) is 0 Å². The number of hydrogen-bond acceptors (Lipinski definition) is 6. The van der Waals surface area contributed by atoms with E-state index in [1.807, 2.05) is 30.7 Å². The minimum absolute atomic E-state index is 0.0815. The molecule has 2 aromatic heterocycles. The van der Waals surface area contributed by atoms with Crippen LogP contribution in [0.5, 0.6) is 5.75 Å². The van der Waals surface area contributed by atoms with E-state index in [-0.39, 0.29) is 5.41 Å². The van der Waals surface area contributed by atoms with Crippen molar-refractivity contribution in [2.24, 2.45) is 12.0 Å². The zero-order valence-electron chi connectivity index (χ0n) is 19.8. The van der Waals surface area contributed by atoms with Gasteiger partial charge in [-0.1, -0.05) is 32.9 Å². The highest BCUT2D eigenvalue weighted by Crippen LogP contribution is 2.22. The summed E-state index contributed by atoms with van der Waals surface area (Å²) < 4.78 is 13.0. The van der Waals surface area contributed by atoms with Gasteiger partial charge in [-0.05, 0) is 31.0 Å². The highest BCUT2D eigenvalue weighted by molar-refractivity contribution is 5.79. The number of ether oxygens (including phenoxy) is 1. The van der Waals surface area contributed by atoms with Gasteiger partial charge < -0.3 is 24.4 Å². The Bertz CT molecular complexity index is 1030. The number of rotatable bonds is 8. The third-order valence-corrected chi connectivity index (χ3v) is 5.13. The van der Waals surface area contributed by atoms with Gasteiger partial charge in [-0.15, -0.1) is 10.2 Å². The quantitative estimate of drug-likeness (QED) is 0.411. The van der Waals surface area contributed by atoms with Crippen molar-refractivity contribution in [1.82, 2.24) is 30.4 Å². The molecule has 1 aromatic carbocycles. The Balaban J connectivity index is 1.63. The molecule has 0 bridgehead atoms. The standard InChI is InChI=1S/C23H33N7O2/c1-16-28-29-20(30(16)5)14-26-22(24-12-11-17-7-9-18(31-6)10-8-17)27-15-21-25-13-19(32-21)23(2,3)4/h7-10,13H,11-12,14-15H2,1-6H3,(H2,24,26,27). The van der Waals surface area contributed by atoms with E-state index >= 15 is 0 Å². The molecule has 32 heavy (non-hydrogen) atoms. The van der Waals surface area contributed by atoms with Gasteiger partial charge in [0.25, 0.3) is 0 Å². The number of aromatic nitrogens is 4. The molecule has 2 heterocycles. The predicted octanol–water partition coefficient (Wildman–Crippen LogP) is 2.90. The second-order valence-corrected chi connectivity index (χ2v) is 8.63. The molecule has 9 heteroatoms. The monoisotopic (exact) mass is 439 g/mol. The molecule has 0 unspecified atom stereocenters. The zero-order valence-corrected chi connectivity index (χ0v) is 19.8. The van der Waals surface area contributed by atoms with Crippen LogP contribution in [0.1, 0.15) is 49.6 Å². The first-order valence-corrected chi connectivity index (χ1v) is 10.7. The second-order valence-electron chi connectivity index (χ2n) is 8.63. The van der Waals surface area contributed by atoms with Crippen molar-refractivity contribution >= 4 is 5.96 Å². The van der Waals surface area contributed by atoms with Crippen LogP contribution in [-0.2, 0) is 32.0 Å². The summed E-state index contributed by atoms with van der Waals surface area (Å²) in [6.45, 7) is 9.77. The highest BCUT2D eigenvalue weighted by Gasteiger charge is 2.19. The van der Waals surface area contributed by atoms with E-state index < -0.39 is 0 Å². The Morgan fingerprint density at radius 2 is 1.91 bits per heavy atom. The molecule has 3 aromatic rings. The van der Waals surface area contributed by atoms with Crippen molar-refractivity contribution < 1.29 is 9.15 Å². The van der Waals surface area contributed by atoms with E-state index in [9.17, 15) is 0 Å². The molecule has 3 rings (SSSR count). The molecular weight excluding hydrogens is 406 g/mol. The van der Waals surface area contributed by atoms with E-state index in [4.69, 9.17) is 9.15 Å². The van der Waals surface area contributed by atoms with Crippen molar-refractivity contribution in [2.75, 3.05) is 13.7 Å². The van der Waals surface area contributed by atoms with Crippen molar-refractivity contribution in [1.29, 1.82) is 0 Å². The number of guanidine groups is 1. The Morgan fingerprint density at radius 1 is 1.16 bits per heavy atom. The molecular formula is C23H33N7O2. The van der Waals surface area contributed by atoms with Crippen LogP contribution in [0.3, 0.4) is 0 Å². The minimum Gasteiger partial charge on any atom is -0.497 e. The van der Waals surface area contributed by atoms with Crippen LogP contribution in [0, 0.1) is 6.92 Å². The lowest BCUT2D eigenvalue weighted by atomic mass is 9.94. The van der Waals surface area contributed by atoms with E-state index in [2.05, 4.69) is 63.7 Å². The Kier molecular flexibility index (Phi) is 7.50. The van der Waals surface area contributed by atoms with Gasteiger partial charge in [0.05, 0.1) is 19.9 Å². The Morgan fingerprint density at radius 3 is 2.50 bits per heavy atom. The molecule has 0 spiro atoms. The van der Waals surface area contributed by atoms with Crippen molar-refractivity contribution in [3.8, 4) is 5.75 Å². The highest BCUT2D eigenvalue weighted by atomic mass is 16.5. The van der Waals surface area contributed by atoms with Gasteiger partial charge >= 0.3 is 0 Å². The second kappa shape index (κ2) is 10.3. The summed E-state index contributed by atoms with van der Waals surface area (Å²) in [6, 6.07) is 8.06. The van der Waals surface area contributed by atoms with Gasteiger partial charge in [0.2, 0.25) is 5.89 Å². The summed E-state index contributed by atoms with van der Waals surface area (Å²) in [5.41, 5.74) is 1.13. The molecule has 172 valence electrons. The van der Waals surface area contributed by atoms with Crippen LogP contribution in [0.2, 0.25) is 0 Å². The molecule has 0 saturated carbocycles. The number of aryl methyl sites for hydroxylation is 1. The molecule has 9 nitrogen and oxygen atoms in total. The molecule has 0 saturated heterocycles. The van der Waals surface area contributed by atoms with Crippen LogP contribution >= 0.6 is 0 Å². The lowest BCUT2D eigenvalue weighted by Crippen LogP contribution is -2.38. The number of nitrogens with zero attached hydrogens (tertiary/aromatic N) is 5. The largest absolute Gasteiger partial charge is 0.497 e. The van der Waals surface area contributed by atoms with Gasteiger partial charge in [-0.25, -0.2) is 9.98 Å². The van der Waals surface area contributed by atoms with Gasteiger partial charge in [0, 0.05) is 19.0 Å². The third kappa shape index (κ3) is 6.32. The summed E-state index contributed by atoms with van der Waals surface area (Å²) in [7, 11) is 3.60. The van der Waals surface area contributed by atoms with E-state index in [1.54, 1.807) is 13.3 Å². The number of methoxy groups -OCH3 is 1. The van der Waals surface area contributed by atoms with Gasteiger partial charge in [-0.3, -0.25) is 0 Å². The summed E-state index contributed by atoms with van der Waals surface area (Å²) in [6.07, 6.45) is 2.63. The van der Waals surface area contributed by atoms with Crippen molar-refractivity contribution in [3.05, 3.63) is 59.3 Å². The van der Waals surface area contributed by atoms with Crippen LogP contribution in [-0.4, -0.2) is 39.4 Å². The smallest absolute Gasteiger partial charge is 0.213 e. The van der Waals surface area contributed by atoms with E-state index in [0.717, 1.165) is 36.1 Å². The Labute approximate surface area is 189 Å². The minimum atomic E-state index is -0.0815. The van der Waals surface area contributed by atoms with Gasteiger partial charge in [-0.2, -0.15) is 0 Å². The first-order chi connectivity index (χ1) is 15.3. The summed E-state index contributed by atoms with van der Waals surface area (Å²) in [5, 5.41) is 15.0. The normalized spacial score (nSPS) is 12.1. The van der Waals surface area contributed by atoms with Gasteiger partial charge in [0.1, 0.15) is 23.9 Å². The Hall–Kier alpha value is -3.36. The van der Waals surface area contributed by atoms with Crippen molar-refractivity contribution in [3.63, 3.8) is 0 Å². The maximum atomic E-state index is 5.88. The SMILES string of the molecule is COc1ccc(CCNC(=NCc2nnc(C)n2C)NCc2ncc(C(C)(C)C)o2)cc1. The fraction of sp³-hybridized carbons (Fsp3) is 0.478. The summed E-state index contributed by atoms with van der Waals surface area (Å²) >= 11 is 0. The molecule has 0 atom stereocenters. The zero-order chi connectivity index (χ0) is 23.1. The molecule has 0 radical (unpaired) electrons. The lowest BCUT2D eigenvalue weighted by Gasteiger charge is -2.14. The summed E-state index contributed by atoms with van der Waals surface area (Å²) in [5.74, 6) is 4.64. The average Bonchev–Trinajstić information content (AvgIpc) is 3.38. The average molecular weight is 440 g/mol. The first kappa shape index (κ1) is 23.3. The van der Waals surface area contributed by atoms with E-state index in [1.165, 1.54) is 5.56 Å². The van der Waals surface area contributed by atoms with E-state index in [0.29, 0.717) is 24.9 Å². The third-order valence-electron chi connectivity index (χ3n) is 5.13. The van der Waals surface area contributed by atoms with Crippen LogP contribution in [0.4, 0.5) is 0 Å². The fourth-order valence-electron chi connectivity index (χ4n) is 2.93. The first-order valence-electron chi connectivity index (χ1n) is 10.7. The number of benzene rings is 1. The number of aliphatic imine (C=N–C) groups is 1. The van der Waals surface area contributed by atoms with Crippen LogP contribution in [0.15, 0.2) is 39.9 Å². The van der Waals surface area contributed by atoms with Crippen molar-refractivity contribution in [2.45, 2.75) is 52.6 Å². The molecule has 0 aliphatic heterocycles. The maximum absolute atomic E-state index is 5.88. The molecule has 0 fully saturated rings. The molecule has 0 aliphatic carbocycles. The molecule has 0 amide bonds. The molecule has 0 aliphatic rings. The number of hydrogen-bond donors (Lipinski definition) is 2.